The molecule has 0 aromatic carbocycles. The number of carbonyl (C=O) groups excluding carboxylic acids is 2. The number of ketones is 1. The number of aromatic nitrogens is 2. The molecule has 2 heterocycles. The summed E-state index contributed by atoms with van der Waals surface area (Å²) in [6.45, 7) is 1.91. The van der Waals surface area contributed by atoms with Gasteiger partial charge in [0.25, 0.3) is 5.91 Å². The van der Waals surface area contributed by atoms with E-state index in [2.05, 4.69) is 15.3 Å². The minimum Gasteiger partial charge on any atom is -0.476 e. The van der Waals surface area contributed by atoms with E-state index in [9.17, 15) is 14.4 Å². The molecule has 2 aromatic heterocycles. The third-order valence-corrected chi connectivity index (χ3v) is 4.68. The van der Waals surface area contributed by atoms with Crippen molar-refractivity contribution in [2.75, 3.05) is 0 Å². The SMILES string of the molecule is Cc1c(C(=O)NCc2nc(C(=O)O)cs2)[nH]c2c1C(=O)CCC2. The second kappa shape index (κ2) is 5.96. The Morgan fingerprint density at radius 1 is 1.43 bits per heavy atom. The minimum absolute atomic E-state index is 0.0311. The summed E-state index contributed by atoms with van der Waals surface area (Å²) in [7, 11) is 0. The number of nitrogens with one attached hydrogen (secondary N) is 2. The molecule has 0 saturated carbocycles. The second-order valence-corrected chi connectivity index (χ2v) is 6.31. The van der Waals surface area contributed by atoms with Crippen LogP contribution in [0.3, 0.4) is 0 Å². The summed E-state index contributed by atoms with van der Waals surface area (Å²) in [5, 5.41) is 13.5. The molecule has 23 heavy (non-hydrogen) atoms. The van der Waals surface area contributed by atoms with Gasteiger partial charge in [-0.1, -0.05) is 0 Å². The molecule has 0 aliphatic heterocycles. The van der Waals surface area contributed by atoms with Crippen molar-refractivity contribution < 1.29 is 19.5 Å². The lowest BCUT2D eigenvalue weighted by Gasteiger charge is -2.09. The number of Topliss-reactive ketones (excluding diaryl/α,β-unsaturated/α-hetero) is 1. The number of aryl methyl sites for hydroxylation is 1. The van der Waals surface area contributed by atoms with Crippen molar-refractivity contribution in [2.24, 2.45) is 0 Å². The van der Waals surface area contributed by atoms with Crippen LogP contribution in [0.25, 0.3) is 0 Å². The van der Waals surface area contributed by atoms with Gasteiger partial charge in [-0.2, -0.15) is 0 Å². The van der Waals surface area contributed by atoms with E-state index in [1.54, 1.807) is 6.92 Å². The molecule has 8 heteroatoms. The highest BCUT2D eigenvalue weighted by molar-refractivity contribution is 7.09. The molecule has 1 aliphatic carbocycles. The van der Waals surface area contributed by atoms with E-state index in [1.807, 2.05) is 0 Å². The normalized spacial score (nSPS) is 13.7. The number of aromatic amines is 1. The van der Waals surface area contributed by atoms with E-state index in [1.165, 1.54) is 16.7 Å². The molecule has 0 radical (unpaired) electrons. The number of thiazole rings is 1. The van der Waals surface area contributed by atoms with E-state index >= 15 is 0 Å². The quantitative estimate of drug-likeness (QED) is 0.791. The minimum atomic E-state index is -1.09. The first-order valence-corrected chi connectivity index (χ1v) is 8.06. The van der Waals surface area contributed by atoms with Crippen LogP contribution in [0.15, 0.2) is 5.38 Å². The van der Waals surface area contributed by atoms with Crippen molar-refractivity contribution in [1.29, 1.82) is 0 Å². The maximum Gasteiger partial charge on any atom is 0.355 e. The summed E-state index contributed by atoms with van der Waals surface area (Å²) in [4.78, 5) is 42.0. The smallest absolute Gasteiger partial charge is 0.355 e. The molecule has 0 fully saturated rings. The zero-order valence-corrected chi connectivity index (χ0v) is 13.2. The number of amides is 1. The summed E-state index contributed by atoms with van der Waals surface area (Å²) in [5.74, 6) is -1.34. The van der Waals surface area contributed by atoms with Gasteiger partial charge in [-0.05, 0) is 25.3 Å². The van der Waals surface area contributed by atoms with Crippen molar-refractivity contribution in [1.82, 2.24) is 15.3 Å². The van der Waals surface area contributed by atoms with Crippen LogP contribution in [0.1, 0.15) is 60.4 Å². The lowest BCUT2D eigenvalue weighted by Crippen LogP contribution is -2.24. The number of rotatable bonds is 4. The molecule has 0 spiro atoms. The number of hydrogen-bond acceptors (Lipinski definition) is 5. The summed E-state index contributed by atoms with van der Waals surface area (Å²) < 4.78 is 0. The van der Waals surface area contributed by atoms with Gasteiger partial charge < -0.3 is 15.4 Å². The van der Waals surface area contributed by atoms with Crippen LogP contribution in [-0.2, 0) is 13.0 Å². The molecule has 2 aromatic rings. The van der Waals surface area contributed by atoms with Gasteiger partial charge in [0.05, 0.1) is 6.54 Å². The zero-order chi connectivity index (χ0) is 16.6. The molecular weight excluding hydrogens is 318 g/mol. The average Bonchev–Trinajstić information content (AvgIpc) is 3.11. The van der Waals surface area contributed by atoms with Crippen LogP contribution in [0.2, 0.25) is 0 Å². The lowest BCUT2D eigenvalue weighted by atomic mass is 9.94. The van der Waals surface area contributed by atoms with E-state index in [0.717, 1.165) is 18.5 Å². The third-order valence-electron chi connectivity index (χ3n) is 3.84. The predicted octanol–water partition coefficient (Wildman–Crippen LogP) is 1.93. The van der Waals surface area contributed by atoms with Crippen LogP contribution in [0.5, 0.6) is 0 Å². The van der Waals surface area contributed by atoms with Gasteiger partial charge >= 0.3 is 5.97 Å². The summed E-state index contributed by atoms with van der Waals surface area (Å²) in [6.07, 6.45) is 2.08. The van der Waals surface area contributed by atoms with Gasteiger partial charge in [0.1, 0.15) is 10.7 Å². The highest BCUT2D eigenvalue weighted by Crippen LogP contribution is 2.26. The van der Waals surface area contributed by atoms with Crippen LogP contribution < -0.4 is 5.32 Å². The largest absolute Gasteiger partial charge is 0.476 e. The second-order valence-electron chi connectivity index (χ2n) is 5.37. The molecule has 0 saturated heterocycles. The Kier molecular flexibility index (Phi) is 3.99. The van der Waals surface area contributed by atoms with E-state index in [-0.39, 0.29) is 23.9 Å². The van der Waals surface area contributed by atoms with Gasteiger partial charge in [-0.25, -0.2) is 9.78 Å². The average molecular weight is 333 g/mol. The van der Waals surface area contributed by atoms with Crippen molar-refractivity contribution >= 4 is 29.0 Å². The first kappa shape index (κ1) is 15.4. The maximum absolute atomic E-state index is 12.3. The molecular formula is C15H15N3O4S. The number of H-pyrrole nitrogens is 1. The number of carbonyl (C=O) groups is 3. The zero-order valence-electron chi connectivity index (χ0n) is 12.4. The third kappa shape index (κ3) is 2.89. The van der Waals surface area contributed by atoms with Crippen molar-refractivity contribution in [3.63, 3.8) is 0 Å². The Balaban J connectivity index is 1.73. The van der Waals surface area contributed by atoms with Crippen LogP contribution in [0, 0.1) is 6.92 Å². The highest BCUT2D eigenvalue weighted by Gasteiger charge is 2.26. The number of carboxylic acids is 1. The molecule has 0 unspecified atom stereocenters. The van der Waals surface area contributed by atoms with Crippen molar-refractivity contribution in [2.45, 2.75) is 32.7 Å². The van der Waals surface area contributed by atoms with Crippen LogP contribution >= 0.6 is 11.3 Å². The number of hydrogen-bond donors (Lipinski definition) is 3. The monoisotopic (exact) mass is 333 g/mol. The summed E-state index contributed by atoms with van der Waals surface area (Å²) in [6, 6.07) is 0. The Morgan fingerprint density at radius 3 is 2.87 bits per heavy atom. The molecule has 0 atom stereocenters. The van der Waals surface area contributed by atoms with Gasteiger partial charge in [0.2, 0.25) is 0 Å². The summed E-state index contributed by atoms with van der Waals surface area (Å²) in [5.41, 5.74) is 2.50. The molecule has 0 bridgehead atoms. The fourth-order valence-electron chi connectivity index (χ4n) is 2.74. The standard InChI is InChI=1S/C15H15N3O4S/c1-7-12-8(3-2-4-10(12)19)18-13(7)14(20)16-5-11-17-9(6-23-11)15(21)22/h6,18H,2-5H2,1H3,(H,16,20)(H,21,22). The Morgan fingerprint density at radius 2 is 2.22 bits per heavy atom. The molecule has 3 N–H and O–H groups in total. The number of nitrogens with zero attached hydrogens (tertiary/aromatic N) is 1. The Hall–Kier alpha value is -2.48. The molecule has 3 rings (SSSR count). The van der Waals surface area contributed by atoms with Gasteiger partial charge in [-0.3, -0.25) is 9.59 Å². The Bertz CT molecular complexity index is 806. The fourth-order valence-corrected chi connectivity index (χ4v) is 3.44. The van der Waals surface area contributed by atoms with E-state index in [4.69, 9.17) is 5.11 Å². The predicted molar refractivity (Wildman–Crippen MR) is 83.0 cm³/mol. The van der Waals surface area contributed by atoms with Gasteiger partial charge in [0.15, 0.2) is 11.5 Å². The van der Waals surface area contributed by atoms with E-state index < -0.39 is 5.97 Å². The molecule has 7 nitrogen and oxygen atoms in total. The number of carboxylic acid groups (broad SMARTS) is 1. The molecule has 1 amide bonds. The Labute approximate surface area is 135 Å². The highest BCUT2D eigenvalue weighted by atomic mass is 32.1. The topological polar surface area (TPSA) is 112 Å². The molecule has 120 valence electrons. The molecule has 1 aliphatic rings. The van der Waals surface area contributed by atoms with Crippen LogP contribution in [-0.4, -0.2) is 32.7 Å². The lowest BCUT2D eigenvalue weighted by molar-refractivity contribution is 0.0690. The fraction of sp³-hybridized carbons (Fsp3) is 0.333. The summed E-state index contributed by atoms with van der Waals surface area (Å²) >= 11 is 1.18. The van der Waals surface area contributed by atoms with Gasteiger partial charge in [-0.15, -0.1) is 11.3 Å². The van der Waals surface area contributed by atoms with Crippen molar-refractivity contribution in [3.8, 4) is 0 Å². The van der Waals surface area contributed by atoms with Gasteiger partial charge in [0, 0.05) is 23.1 Å². The van der Waals surface area contributed by atoms with E-state index in [0.29, 0.717) is 28.2 Å². The first-order chi connectivity index (χ1) is 11.0. The van der Waals surface area contributed by atoms with Crippen LogP contribution in [0.4, 0.5) is 0 Å². The van der Waals surface area contributed by atoms with Crippen molar-refractivity contribution in [3.05, 3.63) is 38.6 Å². The first-order valence-electron chi connectivity index (χ1n) is 7.18. The number of fused-ring (bicyclic) bond motifs is 1. The number of aromatic carboxylic acids is 1. The maximum atomic E-state index is 12.3.